The Morgan fingerprint density at radius 3 is 2.50 bits per heavy atom. The van der Waals surface area contributed by atoms with Crippen LogP contribution < -0.4 is 20.1 Å². The van der Waals surface area contributed by atoms with Crippen molar-refractivity contribution >= 4 is 11.6 Å². The second-order valence-corrected chi connectivity index (χ2v) is 9.14. The Kier molecular flexibility index (Phi) is 9.08. The highest BCUT2D eigenvalue weighted by Gasteiger charge is 2.40. The first-order valence-electron chi connectivity index (χ1n) is 13.3. The van der Waals surface area contributed by atoms with Crippen molar-refractivity contribution in [3.63, 3.8) is 0 Å². The number of nitrogens with zero attached hydrogens (tertiary/aromatic N) is 5. The number of pyridine rings is 3. The summed E-state index contributed by atoms with van der Waals surface area (Å²) in [5.41, 5.74) is 7.28. The summed E-state index contributed by atoms with van der Waals surface area (Å²) in [6.07, 6.45) is -2.50. The monoisotopic (exact) mass is 558 g/mol. The number of amides is 1. The molecule has 0 bridgehead atoms. The lowest BCUT2D eigenvalue weighted by molar-refractivity contribution is -0.141. The number of anilines is 1. The minimum atomic E-state index is -4.80. The first-order valence-corrected chi connectivity index (χ1v) is 13.3. The summed E-state index contributed by atoms with van der Waals surface area (Å²) in [5.74, 6) is -0.408. The molecule has 2 N–H and O–H groups in total. The van der Waals surface area contributed by atoms with Gasteiger partial charge in [0.25, 0.3) is 5.91 Å². The Morgan fingerprint density at radius 2 is 1.82 bits per heavy atom. The number of halogens is 3. The van der Waals surface area contributed by atoms with Crippen molar-refractivity contribution in [2.75, 3.05) is 37.7 Å². The summed E-state index contributed by atoms with van der Waals surface area (Å²) in [6, 6.07) is 9.77. The van der Waals surface area contributed by atoms with Crippen LogP contribution in [-0.2, 0) is 12.7 Å². The number of ether oxygens (including phenoxy) is 2. The number of nitrogens with two attached hydrogens (primary N) is 1. The third kappa shape index (κ3) is 6.11. The van der Waals surface area contributed by atoms with Crippen LogP contribution in [0.3, 0.4) is 0 Å². The van der Waals surface area contributed by atoms with Crippen LogP contribution >= 0.6 is 0 Å². The molecule has 3 aromatic rings. The van der Waals surface area contributed by atoms with Crippen LogP contribution in [0.4, 0.5) is 18.9 Å². The van der Waals surface area contributed by atoms with Gasteiger partial charge in [0.2, 0.25) is 11.8 Å². The molecule has 0 aliphatic carbocycles. The molecule has 3 aromatic heterocycles. The van der Waals surface area contributed by atoms with Crippen LogP contribution in [0.2, 0.25) is 0 Å². The van der Waals surface area contributed by atoms with Gasteiger partial charge in [0.15, 0.2) is 5.69 Å². The van der Waals surface area contributed by atoms with Gasteiger partial charge in [0.1, 0.15) is 0 Å². The highest BCUT2D eigenvalue weighted by Crippen LogP contribution is 2.34. The molecule has 0 aromatic carbocycles. The van der Waals surface area contributed by atoms with Crippen molar-refractivity contribution in [1.82, 2.24) is 19.9 Å². The first-order chi connectivity index (χ1) is 19.2. The Hall–Kier alpha value is -3.93. The van der Waals surface area contributed by atoms with E-state index in [4.69, 9.17) is 20.2 Å². The van der Waals surface area contributed by atoms with Crippen molar-refractivity contribution in [3.05, 3.63) is 59.5 Å². The number of piperazine rings is 1. The third-order valence-corrected chi connectivity index (χ3v) is 6.68. The molecule has 0 spiro atoms. The molecule has 0 saturated carbocycles. The van der Waals surface area contributed by atoms with Crippen molar-refractivity contribution in [3.8, 4) is 23.0 Å². The smallest absolute Gasteiger partial charge is 0.434 e. The van der Waals surface area contributed by atoms with E-state index in [1.165, 1.54) is 11.0 Å². The number of alkyl halides is 3. The Bertz CT molecular complexity index is 1340. The SMILES string of the molecule is CCOc1ccc(C(=O)N2CCN(c3ccc(-c4cccnc4OCC)nc3CN)[C@H](CC)C2)c(C(F)(F)F)n1. The molecule has 12 heteroatoms. The fraction of sp³-hybridized carbons (Fsp3) is 0.429. The zero-order valence-corrected chi connectivity index (χ0v) is 22.7. The van der Waals surface area contributed by atoms with Gasteiger partial charge in [-0.15, -0.1) is 0 Å². The van der Waals surface area contributed by atoms with Gasteiger partial charge in [-0.05, 0) is 50.6 Å². The quantitative estimate of drug-likeness (QED) is 0.408. The van der Waals surface area contributed by atoms with Crippen LogP contribution in [0, 0.1) is 0 Å². The second-order valence-electron chi connectivity index (χ2n) is 9.14. The van der Waals surface area contributed by atoms with Crippen LogP contribution in [0.5, 0.6) is 11.8 Å². The van der Waals surface area contributed by atoms with E-state index in [1.54, 1.807) is 13.1 Å². The molecule has 4 rings (SSSR count). The number of aromatic nitrogens is 3. The van der Waals surface area contributed by atoms with E-state index < -0.39 is 23.3 Å². The predicted octanol–water partition coefficient (Wildman–Crippen LogP) is 4.55. The van der Waals surface area contributed by atoms with Gasteiger partial charge in [-0.3, -0.25) is 4.79 Å². The number of rotatable bonds is 9. The van der Waals surface area contributed by atoms with Crippen LogP contribution in [-0.4, -0.2) is 64.6 Å². The zero-order valence-electron chi connectivity index (χ0n) is 22.7. The average Bonchev–Trinajstić information content (AvgIpc) is 2.96. The van der Waals surface area contributed by atoms with Crippen molar-refractivity contribution in [2.45, 2.75) is 46.0 Å². The maximum atomic E-state index is 13.8. The van der Waals surface area contributed by atoms with Gasteiger partial charge >= 0.3 is 6.18 Å². The zero-order chi connectivity index (χ0) is 28.9. The fourth-order valence-corrected chi connectivity index (χ4v) is 4.83. The van der Waals surface area contributed by atoms with E-state index >= 15 is 0 Å². The minimum absolute atomic E-state index is 0.155. The highest BCUT2D eigenvalue weighted by molar-refractivity contribution is 5.95. The first kappa shape index (κ1) is 29.1. The molecule has 4 heterocycles. The lowest BCUT2D eigenvalue weighted by atomic mass is 10.0. The summed E-state index contributed by atoms with van der Waals surface area (Å²) in [4.78, 5) is 29.6. The van der Waals surface area contributed by atoms with E-state index in [9.17, 15) is 18.0 Å². The summed E-state index contributed by atoms with van der Waals surface area (Å²) >= 11 is 0. The summed E-state index contributed by atoms with van der Waals surface area (Å²) < 4.78 is 52.2. The van der Waals surface area contributed by atoms with E-state index in [0.717, 1.165) is 17.3 Å². The van der Waals surface area contributed by atoms with Crippen LogP contribution in [0.15, 0.2) is 42.6 Å². The topological polar surface area (TPSA) is 107 Å². The number of hydrogen-bond donors (Lipinski definition) is 1. The van der Waals surface area contributed by atoms with Gasteiger partial charge in [0.05, 0.1) is 41.4 Å². The van der Waals surface area contributed by atoms with E-state index in [1.807, 2.05) is 38.1 Å². The van der Waals surface area contributed by atoms with Crippen molar-refractivity contribution in [1.29, 1.82) is 0 Å². The van der Waals surface area contributed by atoms with Crippen molar-refractivity contribution < 1.29 is 27.4 Å². The fourth-order valence-electron chi connectivity index (χ4n) is 4.83. The maximum Gasteiger partial charge on any atom is 0.434 e. The number of hydrogen-bond acceptors (Lipinski definition) is 8. The average molecular weight is 559 g/mol. The molecule has 9 nitrogen and oxygen atoms in total. The molecule has 1 aliphatic heterocycles. The van der Waals surface area contributed by atoms with Gasteiger partial charge in [0, 0.05) is 44.5 Å². The maximum absolute atomic E-state index is 13.8. The Labute approximate surface area is 231 Å². The van der Waals surface area contributed by atoms with E-state index in [-0.39, 0.29) is 38.2 Å². The van der Waals surface area contributed by atoms with Crippen LogP contribution in [0.1, 0.15) is 48.9 Å². The lowest BCUT2D eigenvalue weighted by Crippen LogP contribution is -2.55. The van der Waals surface area contributed by atoms with Gasteiger partial charge < -0.3 is 25.0 Å². The number of carbonyl (C=O) groups is 1. The minimum Gasteiger partial charge on any atom is -0.478 e. The summed E-state index contributed by atoms with van der Waals surface area (Å²) in [6.45, 7) is 7.17. The molecular formula is C28H33F3N6O3. The van der Waals surface area contributed by atoms with Gasteiger partial charge in [-0.1, -0.05) is 6.92 Å². The summed E-state index contributed by atoms with van der Waals surface area (Å²) in [7, 11) is 0. The molecule has 0 radical (unpaired) electrons. The molecule has 1 atom stereocenters. The van der Waals surface area contributed by atoms with Crippen LogP contribution in [0.25, 0.3) is 11.3 Å². The molecule has 214 valence electrons. The third-order valence-electron chi connectivity index (χ3n) is 6.68. The summed E-state index contributed by atoms with van der Waals surface area (Å²) in [5, 5.41) is 0. The molecule has 1 amide bonds. The normalized spacial score (nSPS) is 15.7. The van der Waals surface area contributed by atoms with Crippen molar-refractivity contribution in [2.24, 2.45) is 5.73 Å². The molecule has 0 unspecified atom stereocenters. The number of carbonyl (C=O) groups excluding carboxylic acids is 1. The Balaban J connectivity index is 1.59. The molecule has 1 aliphatic rings. The van der Waals surface area contributed by atoms with E-state index in [0.29, 0.717) is 36.8 Å². The largest absolute Gasteiger partial charge is 0.478 e. The molecule has 1 saturated heterocycles. The second kappa shape index (κ2) is 12.5. The standard InChI is InChI=1S/C28H33F3N6O3/c1-4-18-17-36(27(38)20-9-12-24(39-5-2)35-25(20)28(29,30)31)14-15-37(18)23-11-10-21(34-22(23)16-32)19-8-7-13-33-26(19)40-6-3/h7-13,18H,4-6,14-17,32H2,1-3H3/t18-/m1/s1. The predicted molar refractivity (Wildman–Crippen MR) is 144 cm³/mol. The van der Waals surface area contributed by atoms with Gasteiger partial charge in [-0.2, -0.15) is 13.2 Å². The molecule has 40 heavy (non-hydrogen) atoms. The Morgan fingerprint density at radius 1 is 1.05 bits per heavy atom. The highest BCUT2D eigenvalue weighted by atomic mass is 19.4. The molecular weight excluding hydrogens is 525 g/mol. The van der Waals surface area contributed by atoms with Gasteiger partial charge in [-0.25, -0.2) is 15.0 Å². The molecule has 1 fully saturated rings. The van der Waals surface area contributed by atoms with E-state index in [2.05, 4.69) is 14.9 Å². The lowest BCUT2D eigenvalue weighted by Gasteiger charge is -2.43.